The highest BCUT2D eigenvalue weighted by molar-refractivity contribution is 7.15. The first kappa shape index (κ1) is 17.1. The molecule has 0 unspecified atom stereocenters. The molecule has 3 rings (SSSR count). The Bertz CT molecular complexity index is 806. The molecule has 0 saturated heterocycles. The number of aryl methyl sites for hydroxylation is 2. The van der Waals surface area contributed by atoms with Crippen LogP contribution in [0, 0.1) is 0 Å². The molecule has 0 aliphatic rings. The van der Waals surface area contributed by atoms with Gasteiger partial charge in [-0.1, -0.05) is 59.9 Å². The summed E-state index contributed by atoms with van der Waals surface area (Å²) in [4.78, 5) is 12.2. The third-order valence-corrected chi connectivity index (χ3v) is 4.49. The summed E-state index contributed by atoms with van der Waals surface area (Å²) in [5, 5.41) is 12.3. The summed E-state index contributed by atoms with van der Waals surface area (Å²) in [5.41, 5.74) is 1.26. The van der Waals surface area contributed by atoms with E-state index in [4.69, 9.17) is 4.74 Å². The number of hydrogen-bond acceptors (Lipinski definition) is 5. The molecule has 0 fully saturated rings. The maximum Gasteiger partial charge on any atom is 0.266 e. The minimum atomic E-state index is -0.612. The quantitative estimate of drug-likeness (QED) is 0.703. The second-order valence-electron chi connectivity index (χ2n) is 5.55. The molecular weight excluding hydrogens is 334 g/mol. The van der Waals surface area contributed by atoms with Crippen LogP contribution in [0.2, 0.25) is 0 Å². The summed E-state index contributed by atoms with van der Waals surface area (Å²) >= 11 is 1.39. The summed E-state index contributed by atoms with van der Waals surface area (Å²) in [6.07, 6.45) is 1.09. The molecule has 6 heteroatoms. The van der Waals surface area contributed by atoms with Gasteiger partial charge >= 0.3 is 0 Å². The topological polar surface area (TPSA) is 64.1 Å². The van der Waals surface area contributed by atoms with Crippen LogP contribution >= 0.6 is 11.3 Å². The van der Waals surface area contributed by atoms with Crippen LogP contribution in [0.15, 0.2) is 60.7 Å². The maximum absolute atomic E-state index is 12.2. The van der Waals surface area contributed by atoms with Gasteiger partial charge in [-0.05, 0) is 31.0 Å². The number of nitrogens with zero attached hydrogens (tertiary/aromatic N) is 2. The molecule has 1 amide bonds. The van der Waals surface area contributed by atoms with Crippen LogP contribution in [0.5, 0.6) is 5.75 Å². The van der Waals surface area contributed by atoms with Crippen LogP contribution in [-0.2, 0) is 17.6 Å². The first-order chi connectivity index (χ1) is 12.2. The monoisotopic (exact) mass is 353 g/mol. The smallest absolute Gasteiger partial charge is 0.266 e. The lowest BCUT2D eigenvalue weighted by Gasteiger charge is -2.13. The first-order valence-corrected chi connectivity index (χ1v) is 8.91. The molecular formula is C19H19N3O2S. The number of rotatable bonds is 7. The summed E-state index contributed by atoms with van der Waals surface area (Å²) in [6, 6.07) is 19.5. The third-order valence-electron chi connectivity index (χ3n) is 3.59. The summed E-state index contributed by atoms with van der Waals surface area (Å²) in [7, 11) is 0. The molecule has 0 aliphatic heterocycles. The van der Waals surface area contributed by atoms with Crippen LogP contribution in [0.4, 0.5) is 5.13 Å². The van der Waals surface area contributed by atoms with Gasteiger partial charge in [0.2, 0.25) is 5.13 Å². The van der Waals surface area contributed by atoms with Gasteiger partial charge in [-0.3, -0.25) is 10.1 Å². The fraction of sp³-hybridized carbons (Fsp3) is 0.211. The lowest BCUT2D eigenvalue weighted by Crippen LogP contribution is -2.30. The van der Waals surface area contributed by atoms with E-state index < -0.39 is 6.10 Å². The number of para-hydroxylation sites is 1. The van der Waals surface area contributed by atoms with Gasteiger partial charge in [0.1, 0.15) is 10.8 Å². The van der Waals surface area contributed by atoms with Crippen molar-refractivity contribution in [1.29, 1.82) is 0 Å². The average molecular weight is 353 g/mol. The van der Waals surface area contributed by atoms with Gasteiger partial charge < -0.3 is 4.74 Å². The molecule has 5 nitrogen and oxygen atoms in total. The van der Waals surface area contributed by atoms with Crippen molar-refractivity contribution >= 4 is 22.4 Å². The lowest BCUT2D eigenvalue weighted by molar-refractivity contribution is -0.122. The Morgan fingerprint density at radius 3 is 2.44 bits per heavy atom. The zero-order valence-corrected chi connectivity index (χ0v) is 14.7. The molecule has 3 aromatic rings. The van der Waals surface area contributed by atoms with Crippen molar-refractivity contribution in [2.75, 3.05) is 5.32 Å². The third kappa shape index (κ3) is 5.12. The lowest BCUT2D eigenvalue weighted by atomic mass is 10.1. The van der Waals surface area contributed by atoms with E-state index in [0.717, 1.165) is 17.8 Å². The van der Waals surface area contributed by atoms with E-state index in [1.165, 1.54) is 16.9 Å². The van der Waals surface area contributed by atoms with E-state index in [-0.39, 0.29) is 5.91 Å². The van der Waals surface area contributed by atoms with Gasteiger partial charge in [0.05, 0.1) is 0 Å². The van der Waals surface area contributed by atoms with Gasteiger partial charge in [0.25, 0.3) is 5.91 Å². The fourth-order valence-electron chi connectivity index (χ4n) is 2.26. The molecule has 0 saturated carbocycles. The van der Waals surface area contributed by atoms with Crippen molar-refractivity contribution in [3.05, 3.63) is 71.2 Å². The van der Waals surface area contributed by atoms with Crippen molar-refractivity contribution in [2.45, 2.75) is 25.9 Å². The molecule has 2 aromatic carbocycles. The molecule has 25 heavy (non-hydrogen) atoms. The highest BCUT2D eigenvalue weighted by Gasteiger charge is 2.16. The molecule has 0 radical (unpaired) electrons. The number of ether oxygens (including phenoxy) is 1. The van der Waals surface area contributed by atoms with Crippen molar-refractivity contribution in [3.63, 3.8) is 0 Å². The Morgan fingerprint density at radius 2 is 1.72 bits per heavy atom. The average Bonchev–Trinajstić information content (AvgIpc) is 3.09. The predicted octanol–water partition coefficient (Wildman–Crippen LogP) is 3.73. The highest BCUT2D eigenvalue weighted by atomic mass is 32.1. The van der Waals surface area contributed by atoms with Crippen LogP contribution < -0.4 is 10.1 Å². The Kier molecular flexibility index (Phi) is 5.74. The standard InChI is InChI=1S/C19H19N3O2S/c1-14(24-16-10-6-3-7-11-16)18(23)20-19-22-21-17(25-19)13-12-15-8-4-2-5-9-15/h2-11,14H,12-13H2,1H3,(H,20,22,23)/t14-/m0/s1. The van der Waals surface area contributed by atoms with E-state index in [1.807, 2.05) is 48.5 Å². The second kappa shape index (κ2) is 8.39. The number of carbonyl (C=O) groups excluding carboxylic acids is 1. The molecule has 128 valence electrons. The van der Waals surface area contributed by atoms with Gasteiger partial charge in [-0.15, -0.1) is 10.2 Å². The Labute approximate surface area is 150 Å². The predicted molar refractivity (Wildman–Crippen MR) is 98.9 cm³/mol. The van der Waals surface area contributed by atoms with Gasteiger partial charge in [0, 0.05) is 6.42 Å². The van der Waals surface area contributed by atoms with E-state index in [2.05, 4.69) is 27.6 Å². The SMILES string of the molecule is C[C@H](Oc1ccccc1)C(=O)Nc1nnc(CCc2ccccc2)s1. The summed E-state index contributed by atoms with van der Waals surface area (Å²) < 4.78 is 5.60. The van der Waals surface area contributed by atoms with Crippen LogP contribution in [0.25, 0.3) is 0 Å². The minimum Gasteiger partial charge on any atom is -0.481 e. The van der Waals surface area contributed by atoms with Crippen molar-refractivity contribution in [3.8, 4) is 5.75 Å². The van der Waals surface area contributed by atoms with Crippen molar-refractivity contribution < 1.29 is 9.53 Å². The van der Waals surface area contributed by atoms with E-state index in [0.29, 0.717) is 10.9 Å². The van der Waals surface area contributed by atoms with Crippen LogP contribution in [0.3, 0.4) is 0 Å². The molecule has 1 heterocycles. The van der Waals surface area contributed by atoms with E-state index in [1.54, 1.807) is 6.92 Å². The number of hydrogen-bond donors (Lipinski definition) is 1. The van der Waals surface area contributed by atoms with Crippen LogP contribution in [-0.4, -0.2) is 22.2 Å². The number of amides is 1. The summed E-state index contributed by atoms with van der Waals surface area (Å²) in [6.45, 7) is 1.71. The molecule has 0 bridgehead atoms. The van der Waals surface area contributed by atoms with Crippen molar-refractivity contribution in [2.24, 2.45) is 0 Å². The zero-order valence-electron chi connectivity index (χ0n) is 13.9. The molecule has 0 aliphatic carbocycles. The van der Waals surface area contributed by atoms with Crippen molar-refractivity contribution in [1.82, 2.24) is 10.2 Å². The fourth-order valence-corrected chi connectivity index (χ4v) is 3.01. The number of aromatic nitrogens is 2. The second-order valence-corrected chi connectivity index (χ2v) is 6.61. The molecule has 1 aromatic heterocycles. The normalized spacial score (nSPS) is 11.7. The number of nitrogens with one attached hydrogen (secondary N) is 1. The first-order valence-electron chi connectivity index (χ1n) is 8.09. The maximum atomic E-state index is 12.2. The highest BCUT2D eigenvalue weighted by Crippen LogP contribution is 2.18. The largest absolute Gasteiger partial charge is 0.481 e. The van der Waals surface area contributed by atoms with Gasteiger partial charge in [0.15, 0.2) is 6.10 Å². The molecule has 1 N–H and O–H groups in total. The number of anilines is 1. The van der Waals surface area contributed by atoms with E-state index in [9.17, 15) is 4.79 Å². The number of carbonyl (C=O) groups is 1. The van der Waals surface area contributed by atoms with Gasteiger partial charge in [-0.25, -0.2) is 0 Å². The Balaban J connectivity index is 1.51. The number of benzene rings is 2. The van der Waals surface area contributed by atoms with Crippen LogP contribution in [0.1, 0.15) is 17.5 Å². The Morgan fingerprint density at radius 1 is 1.04 bits per heavy atom. The minimum absolute atomic E-state index is 0.241. The Hall–Kier alpha value is -2.73. The molecule has 0 spiro atoms. The van der Waals surface area contributed by atoms with Gasteiger partial charge in [-0.2, -0.15) is 0 Å². The van der Waals surface area contributed by atoms with E-state index >= 15 is 0 Å². The summed E-state index contributed by atoms with van der Waals surface area (Å²) in [5.74, 6) is 0.417. The molecule has 1 atom stereocenters. The zero-order chi connectivity index (χ0) is 17.5.